The minimum absolute atomic E-state index is 0.150. The van der Waals surface area contributed by atoms with E-state index in [0.717, 1.165) is 23.7 Å². The largest absolute Gasteiger partial charge is 0.465 e. The Morgan fingerprint density at radius 1 is 0.921 bits per heavy atom. The van der Waals surface area contributed by atoms with E-state index in [-0.39, 0.29) is 12.5 Å². The Hall–Kier alpha value is -4.60. The molecule has 3 aromatic rings. The van der Waals surface area contributed by atoms with E-state index in [0.29, 0.717) is 39.0 Å². The molecule has 0 unspecified atom stereocenters. The fourth-order valence-electron chi connectivity index (χ4n) is 4.49. The number of esters is 1. The van der Waals surface area contributed by atoms with Gasteiger partial charge < -0.3 is 15.0 Å². The van der Waals surface area contributed by atoms with Gasteiger partial charge in [-0.1, -0.05) is 12.1 Å². The first-order chi connectivity index (χ1) is 18.3. The van der Waals surface area contributed by atoms with Gasteiger partial charge in [0.1, 0.15) is 12.2 Å². The predicted molar refractivity (Wildman–Crippen MR) is 144 cm³/mol. The van der Waals surface area contributed by atoms with E-state index in [9.17, 15) is 19.2 Å². The van der Waals surface area contributed by atoms with E-state index in [1.807, 2.05) is 12.1 Å². The molecule has 0 radical (unpaired) electrons. The van der Waals surface area contributed by atoms with Crippen LogP contribution in [-0.2, 0) is 14.3 Å². The number of benzene rings is 3. The van der Waals surface area contributed by atoms with Crippen molar-refractivity contribution in [3.8, 4) is 0 Å². The summed E-state index contributed by atoms with van der Waals surface area (Å²) in [5.74, 6) is -2.04. The zero-order chi connectivity index (χ0) is 27.4. The van der Waals surface area contributed by atoms with Crippen LogP contribution >= 0.6 is 0 Å². The second-order valence-corrected chi connectivity index (χ2v) is 8.62. The number of azo groups is 1. The third kappa shape index (κ3) is 5.10. The molecule has 0 atom stereocenters. The molecule has 0 saturated carbocycles. The number of hydrogen-bond acceptors (Lipinski definition) is 8. The maximum absolute atomic E-state index is 13.1. The molecule has 1 N–H and O–H groups in total. The fraction of sp³-hybridized carbons (Fsp3) is 0.286. The summed E-state index contributed by atoms with van der Waals surface area (Å²) < 4.78 is 4.92. The first-order valence-electron chi connectivity index (χ1n) is 12.4. The lowest BCUT2D eigenvalue weighted by Crippen LogP contribution is -2.43. The lowest BCUT2D eigenvalue weighted by Gasteiger charge is -2.26. The lowest BCUT2D eigenvalue weighted by molar-refractivity contribution is -0.143. The van der Waals surface area contributed by atoms with Crippen molar-refractivity contribution in [1.29, 1.82) is 0 Å². The van der Waals surface area contributed by atoms with Crippen LogP contribution in [0.5, 0.6) is 0 Å². The van der Waals surface area contributed by atoms with Crippen molar-refractivity contribution in [2.24, 2.45) is 10.2 Å². The predicted octanol–water partition coefficient (Wildman–Crippen LogP) is 5.22. The first-order valence-corrected chi connectivity index (χ1v) is 12.4. The van der Waals surface area contributed by atoms with Gasteiger partial charge in [0, 0.05) is 47.6 Å². The van der Waals surface area contributed by atoms with Crippen molar-refractivity contribution in [3.63, 3.8) is 0 Å². The second-order valence-electron chi connectivity index (χ2n) is 8.62. The standard InChI is InChI=1S/C28H29N5O5/c1-5-32(6-2)18-11-13-23(24(15-18)29-17(4)34)31-30-22-14-12-21-26-19(22)9-8-10-20(26)27(36)33(28(21)37)16-25(35)38-7-3/h8-15H,5-7,16H2,1-4H3,(H,29,34). The van der Waals surface area contributed by atoms with Crippen molar-refractivity contribution in [1.82, 2.24) is 4.90 Å². The van der Waals surface area contributed by atoms with Crippen LogP contribution in [0, 0.1) is 0 Å². The average Bonchev–Trinajstić information content (AvgIpc) is 2.90. The normalized spacial score (nSPS) is 12.8. The number of imide groups is 1. The van der Waals surface area contributed by atoms with E-state index in [4.69, 9.17) is 4.74 Å². The van der Waals surface area contributed by atoms with Crippen LogP contribution in [0.1, 0.15) is 48.4 Å². The highest BCUT2D eigenvalue weighted by atomic mass is 16.5. The molecule has 0 saturated heterocycles. The molecule has 1 aliphatic rings. The Balaban J connectivity index is 1.73. The topological polar surface area (TPSA) is 121 Å². The van der Waals surface area contributed by atoms with Crippen LogP contribution in [0.3, 0.4) is 0 Å². The highest BCUT2D eigenvalue weighted by Gasteiger charge is 2.34. The van der Waals surface area contributed by atoms with E-state index >= 15 is 0 Å². The van der Waals surface area contributed by atoms with Gasteiger partial charge in [0.25, 0.3) is 11.8 Å². The van der Waals surface area contributed by atoms with Gasteiger partial charge in [0.05, 0.1) is 18.0 Å². The molecule has 1 heterocycles. The molecule has 3 amide bonds. The SMILES string of the molecule is CCOC(=O)CN1C(=O)c2cccc3c(N=Nc4ccc(N(CC)CC)cc4NC(C)=O)ccc(c23)C1=O. The summed E-state index contributed by atoms with van der Waals surface area (Å²) in [6.45, 7) is 8.50. The summed E-state index contributed by atoms with van der Waals surface area (Å²) in [5, 5.41) is 12.7. The molecule has 3 aromatic carbocycles. The molecular weight excluding hydrogens is 486 g/mol. The minimum atomic E-state index is -0.655. The molecule has 1 aliphatic heterocycles. The Bertz CT molecular complexity index is 1440. The average molecular weight is 516 g/mol. The van der Waals surface area contributed by atoms with Gasteiger partial charge in [0.2, 0.25) is 5.91 Å². The smallest absolute Gasteiger partial charge is 0.326 e. The summed E-state index contributed by atoms with van der Waals surface area (Å²) in [4.78, 5) is 53.1. The fourth-order valence-corrected chi connectivity index (χ4v) is 4.49. The van der Waals surface area contributed by atoms with Gasteiger partial charge in [0.15, 0.2) is 0 Å². The molecule has 10 nitrogen and oxygen atoms in total. The number of rotatable bonds is 9. The molecule has 10 heteroatoms. The molecule has 38 heavy (non-hydrogen) atoms. The van der Waals surface area contributed by atoms with Crippen molar-refractivity contribution in [2.45, 2.75) is 27.7 Å². The monoisotopic (exact) mass is 515 g/mol. The number of amides is 3. The number of nitrogens with one attached hydrogen (secondary N) is 1. The summed E-state index contributed by atoms with van der Waals surface area (Å²) in [5.41, 5.74) is 2.97. The molecule has 4 rings (SSSR count). The van der Waals surface area contributed by atoms with Gasteiger partial charge in [-0.3, -0.25) is 24.1 Å². The quantitative estimate of drug-likeness (QED) is 0.237. The van der Waals surface area contributed by atoms with Crippen LogP contribution in [0.2, 0.25) is 0 Å². The van der Waals surface area contributed by atoms with Crippen LogP contribution in [0.25, 0.3) is 10.8 Å². The minimum Gasteiger partial charge on any atom is -0.465 e. The molecule has 0 fully saturated rings. The highest BCUT2D eigenvalue weighted by Crippen LogP contribution is 2.37. The van der Waals surface area contributed by atoms with Crippen molar-refractivity contribution in [2.75, 3.05) is 36.5 Å². The van der Waals surface area contributed by atoms with Crippen molar-refractivity contribution >= 4 is 57.2 Å². The van der Waals surface area contributed by atoms with E-state index in [1.54, 1.807) is 43.3 Å². The van der Waals surface area contributed by atoms with Crippen LogP contribution in [0.15, 0.2) is 58.8 Å². The lowest BCUT2D eigenvalue weighted by atomic mass is 9.93. The second kappa shape index (κ2) is 11.2. The number of nitrogens with zero attached hydrogens (tertiary/aromatic N) is 4. The Morgan fingerprint density at radius 3 is 2.24 bits per heavy atom. The summed E-state index contributed by atoms with van der Waals surface area (Å²) in [7, 11) is 0. The molecule has 0 aliphatic carbocycles. The van der Waals surface area contributed by atoms with Crippen molar-refractivity contribution in [3.05, 3.63) is 59.7 Å². The summed E-state index contributed by atoms with van der Waals surface area (Å²) >= 11 is 0. The maximum atomic E-state index is 13.1. The van der Waals surface area contributed by atoms with E-state index in [2.05, 4.69) is 34.3 Å². The molecular formula is C28H29N5O5. The van der Waals surface area contributed by atoms with Gasteiger partial charge in [-0.2, -0.15) is 0 Å². The summed E-state index contributed by atoms with van der Waals surface area (Å²) in [6.07, 6.45) is 0. The Labute approximate surface area is 220 Å². The zero-order valence-electron chi connectivity index (χ0n) is 21.8. The van der Waals surface area contributed by atoms with Gasteiger partial charge in [-0.25, -0.2) is 0 Å². The molecule has 0 spiro atoms. The van der Waals surface area contributed by atoms with Gasteiger partial charge in [-0.15, -0.1) is 10.2 Å². The van der Waals surface area contributed by atoms with Crippen LogP contribution in [0.4, 0.5) is 22.7 Å². The maximum Gasteiger partial charge on any atom is 0.326 e. The van der Waals surface area contributed by atoms with Gasteiger partial charge in [-0.05, 0) is 57.2 Å². The van der Waals surface area contributed by atoms with Gasteiger partial charge >= 0.3 is 5.97 Å². The number of ether oxygens (including phenoxy) is 1. The molecule has 196 valence electrons. The third-order valence-electron chi connectivity index (χ3n) is 6.25. The number of hydrogen-bond donors (Lipinski definition) is 1. The zero-order valence-corrected chi connectivity index (χ0v) is 21.8. The highest BCUT2D eigenvalue weighted by molar-refractivity contribution is 6.27. The Morgan fingerprint density at radius 2 is 1.58 bits per heavy atom. The van der Waals surface area contributed by atoms with Crippen LogP contribution < -0.4 is 10.2 Å². The first kappa shape index (κ1) is 26.5. The Kier molecular flexibility index (Phi) is 7.80. The number of anilines is 2. The molecule has 0 aromatic heterocycles. The number of carbonyl (C=O) groups is 4. The number of carbonyl (C=O) groups excluding carboxylic acids is 4. The van der Waals surface area contributed by atoms with E-state index < -0.39 is 24.3 Å². The summed E-state index contributed by atoms with van der Waals surface area (Å²) in [6, 6.07) is 13.8. The van der Waals surface area contributed by atoms with E-state index in [1.165, 1.54) is 6.92 Å². The third-order valence-corrected chi connectivity index (χ3v) is 6.25. The molecule has 0 bridgehead atoms. The van der Waals surface area contributed by atoms with Crippen LogP contribution in [-0.4, -0.2) is 54.8 Å². The van der Waals surface area contributed by atoms with Crippen molar-refractivity contribution < 1.29 is 23.9 Å².